The highest BCUT2D eigenvalue weighted by molar-refractivity contribution is 6.01. The van der Waals surface area contributed by atoms with Crippen LogP contribution in [-0.4, -0.2) is 19.9 Å². The molecule has 6 heteroatoms. The summed E-state index contributed by atoms with van der Waals surface area (Å²) < 4.78 is 0. The molecule has 69 heavy (non-hydrogen) atoms. The second-order valence-electron chi connectivity index (χ2n) is 18.6. The highest BCUT2D eigenvalue weighted by atomic mass is 14.8. The van der Waals surface area contributed by atoms with Crippen molar-refractivity contribution in [3.8, 4) is 68.5 Å². The zero-order valence-electron chi connectivity index (χ0n) is 40.4. The van der Waals surface area contributed by atoms with Crippen molar-refractivity contribution in [1.82, 2.24) is 19.9 Å². The van der Waals surface area contributed by atoms with Gasteiger partial charge in [-0.2, -0.15) is 10.5 Å². The van der Waals surface area contributed by atoms with E-state index in [-0.39, 0.29) is 0 Å². The van der Waals surface area contributed by atoms with Crippen LogP contribution in [0.5, 0.6) is 0 Å². The van der Waals surface area contributed by atoms with Gasteiger partial charge in [0.15, 0.2) is 0 Å². The molecule has 3 aromatic heterocycles. The number of rotatable bonds is 4. The van der Waals surface area contributed by atoms with Crippen LogP contribution in [0.2, 0.25) is 0 Å². The van der Waals surface area contributed by atoms with Crippen molar-refractivity contribution in [3.63, 3.8) is 0 Å². The van der Waals surface area contributed by atoms with Crippen molar-refractivity contribution in [2.75, 3.05) is 0 Å². The van der Waals surface area contributed by atoms with E-state index in [1.807, 2.05) is 12.1 Å². The van der Waals surface area contributed by atoms with Crippen molar-refractivity contribution in [1.29, 1.82) is 10.5 Å². The van der Waals surface area contributed by atoms with Gasteiger partial charge < -0.3 is 9.97 Å². The van der Waals surface area contributed by atoms with Gasteiger partial charge in [0.25, 0.3) is 0 Å². The molecule has 6 nitrogen and oxygen atoms in total. The Morgan fingerprint density at radius 1 is 0.348 bits per heavy atom. The first-order valence-corrected chi connectivity index (χ1v) is 23.3. The van der Waals surface area contributed by atoms with Gasteiger partial charge in [-0.1, -0.05) is 77.1 Å². The second kappa shape index (κ2) is 17.5. The van der Waals surface area contributed by atoms with Gasteiger partial charge in [-0.05, 0) is 197 Å². The van der Waals surface area contributed by atoms with Crippen molar-refractivity contribution in [2.45, 2.75) is 62.3 Å². The molecule has 0 aliphatic carbocycles. The topological polar surface area (TPSA) is 105 Å². The van der Waals surface area contributed by atoms with Gasteiger partial charge in [-0.25, -0.2) is 9.97 Å². The lowest BCUT2D eigenvalue weighted by Crippen LogP contribution is -1.97. The predicted octanol–water partition coefficient (Wildman–Crippen LogP) is 15.2. The van der Waals surface area contributed by atoms with E-state index in [1.54, 1.807) is 18.2 Å². The molecule has 0 atom stereocenters. The van der Waals surface area contributed by atoms with Crippen LogP contribution in [0.4, 0.5) is 0 Å². The number of hydrogen-bond acceptors (Lipinski definition) is 4. The van der Waals surface area contributed by atoms with Crippen molar-refractivity contribution in [3.05, 3.63) is 198 Å². The average Bonchev–Trinajstić information content (AvgIpc) is 4.16. The lowest BCUT2D eigenvalue weighted by molar-refractivity contribution is 1.24. The number of aryl methyl sites for hydroxylation is 9. The lowest BCUT2D eigenvalue weighted by atomic mass is 9.92. The van der Waals surface area contributed by atoms with E-state index in [0.717, 1.165) is 94.9 Å². The molecule has 0 saturated carbocycles. The molecule has 0 amide bonds. The molecule has 2 aliphatic heterocycles. The van der Waals surface area contributed by atoms with E-state index in [2.05, 4.69) is 193 Å². The Morgan fingerprint density at radius 3 is 1.10 bits per heavy atom. The van der Waals surface area contributed by atoms with Gasteiger partial charge in [0, 0.05) is 55.4 Å². The summed E-state index contributed by atoms with van der Waals surface area (Å²) in [4.78, 5) is 19.1. The Labute approximate surface area is 404 Å². The van der Waals surface area contributed by atoms with Crippen LogP contribution in [0.15, 0.2) is 103 Å². The zero-order chi connectivity index (χ0) is 48.2. The Balaban J connectivity index is 1.32. The molecule has 0 fully saturated rings. The predicted molar refractivity (Wildman–Crippen MR) is 285 cm³/mol. The molecular formula is C63H50N6. The first kappa shape index (κ1) is 44.1. The van der Waals surface area contributed by atoms with E-state index in [1.165, 1.54) is 50.1 Å². The first-order chi connectivity index (χ1) is 33.3. The largest absolute Gasteiger partial charge is 0.354 e. The van der Waals surface area contributed by atoms with Crippen molar-refractivity contribution >= 4 is 46.4 Å². The van der Waals surface area contributed by atoms with Crippen molar-refractivity contribution in [2.24, 2.45) is 0 Å². The fourth-order valence-corrected chi connectivity index (χ4v) is 10.7. The number of aromatic amines is 2. The molecule has 8 bridgehead atoms. The summed E-state index contributed by atoms with van der Waals surface area (Å²) in [6.45, 7) is 19.6. The van der Waals surface area contributed by atoms with E-state index in [9.17, 15) is 10.5 Å². The molecule has 8 aromatic rings. The number of H-pyrrole nitrogens is 2. The molecule has 2 N–H and O–H groups in total. The van der Waals surface area contributed by atoms with Gasteiger partial charge in [0.2, 0.25) is 0 Å². The Hall–Kier alpha value is -8.76. The summed E-state index contributed by atoms with van der Waals surface area (Å²) in [6, 6.07) is 39.8. The molecule has 0 radical (unpaired) electrons. The first-order valence-electron chi connectivity index (χ1n) is 23.3. The number of benzene rings is 5. The maximum absolute atomic E-state index is 9.59. The number of nitrogens with one attached hydrogen (secondary N) is 2. The van der Waals surface area contributed by atoms with E-state index in [4.69, 9.17) is 9.97 Å². The number of aromatic nitrogens is 4. The summed E-state index contributed by atoms with van der Waals surface area (Å²) in [7, 11) is 0. The number of fused-ring (bicyclic) bond motifs is 8. The molecule has 332 valence electrons. The standard InChI is InChI=1S/C63H50N6/c1-35-26-38(4)57(39(5)27-35)61-51-20-18-49(66-51)60(46-15-12-44(13-16-46)10-11-45-14-17-47(33-64)48(32-45)34-65)50-19-21-52(67-50)62(58-40(6)28-36(2)29-41(58)7)54-23-25-56(69-54)63(55-24-22-53(61)68-55)59-42(8)30-37(3)31-43(59)9/h12-32,66-67H,1-9H3. The normalized spacial score (nSPS) is 11.6. The third-order valence-corrected chi connectivity index (χ3v) is 13.3. The van der Waals surface area contributed by atoms with Gasteiger partial charge in [-0.15, -0.1) is 0 Å². The Bertz CT molecular complexity index is 3670. The summed E-state index contributed by atoms with van der Waals surface area (Å²) in [5, 5.41) is 19.0. The van der Waals surface area contributed by atoms with Crippen LogP contribution in [0.1, 0.15) is 95.1 Å². The van der Waals surface area contributed by atoms with Crippen LogP contribution in [0.3, 0.4) is 0 Å². The molecule has 10 rings (SSSR count). The second-order valence-corrected chi connectivity index (χ2v) is 18.6. The summed E-state index contributed by atoms with van der Waals surface area (Å²) >= 11 is 0. The van der Waals surface area contributed by atoms with Crippen LogP contribution in [0.25, 0.3) is 90.9 Å². The van der Waals surface area contributed by atoms with Crippen LogP contribution in [-0.2, 0) is 0 Å². The SMILES string of the molecule is Cc1cc(C)c(-c2c3nc(c(-c4c(C)cc(C)cc4C)c4ccc([nH]4)c(-c4ccc(C#Cc5ccc(C#N)c(C#N)c5)cc4)c4ccc([nH]4)c(-c4c(C)cc(C)cc4C)c4nc2C=C4)C=C3)c(C)c1. The summed E-state index contributed by atoms with van der Waals surface area (Å²) in [6.07, 6.45) is 8.67. The average molecular weight is 891 g/mol. The highest BCUT2D eigenvalue weighted by Crippen LogP contribution is 2.42. The zero-order valence-corrected chi connectivity index (χ0v) is 40.4. The molecular weight excluding hydrogens is 841 g/mol. The maximum atomic E-state index is 9.59. The number of hydrogen-bond donors (Lipinski definition) is 2. The maximum Gasteiger partial charge on any atom is 0.101 e. The van der Waals surface area contributed by atoms with Gasteiger partial charge in [0.1, 0.15) is 12.1 Å². The molecule has 5 aromatic carbocycles. The monoisotopic (exact) mass is 890 g/mol. The highest BCUT2D eigenvalue weighted by Gasteiger charge is 2.23. The third kappa shape index (κ3) is 8.05. The molecule has 5 heterocycles. The van der Waals surface area contributed by atoms with Crippen molar-refractivity contribution < 1.29 is 0 Å². The number of nitrogens with zero attached hydrogens (tertiary/aromatic N) is 4. The fraction of sp³-hybridized carbons (Fsp3) is 0.143. The molecule has 0 unspecified atom stereocenters. The van der Waals surface area contributed by atoms with E-state index < -0.39 is 0 Å². The minimum absolute atomic E-state index is 0.313. The van der Waals surface area contributed by atoms with Crippen LogP contribution in [0, 0.1) is 96.8 Å². The minimum atomic E-state index is 0.313. The minimum Gasteiger partial charge on any atom is -0.354 e. The molecule has 2 aliphatic rings. The van der Waals surface area contributed by atoms with E-state index >= 15 is 0 Å². The fourth-order valence-electron chi connectivity index (χ4n) is 10.7. The lowest BCUT2D eigenvalue weighted by Gasteiger charge is -2.14. The third-order valence-electron chi connectivity index (χ3n) is 13.3. The van der Waals surface area contributed by atoms with Crippen LogP contribution >= 0.6 is 0 Å². The van der Waals surface area contributed by atoms with Gasteiger partial charge in [0.05, 0.1) is 33.9 Å². The van der Waals surface area contributed by atoms with Gasteiger partial charge in [-0.3, -0.25) is 0 Å². The van der Waals surface area contributed by atoms with Gasteiger partial charge >= 0.3 is 0 Å². The summed E-state index contributed by atoms with van der Waals surface area (Å²) in [5.74, 6) is 6.46. The number of nitriles is 2. The smallest absolute Gasteiger partial charge is 0.101 e. The quantitative estimate of drug-likeness (QED) is 0.172. The molecule has 0 saturated heterocycles. The van der Waals surface area contributed by atoms with E-state index in [0.29, 0.717) is 16.7 Å². The summed E-state index contributed by atoms with van der Waals surface area (Å²) in [5.41, 5.74) is 28.7. The Kier molecular flexibility index (Phi) is 11.2. The van der Waals surface area contributed by atoms with Crippen LogP contribution < -0.4 is 0 Å². The molecule has 0 spiro atoms. The Morgan fingerprint density at radius 2 is 0.696 bits per heavy atom.